The maximum atomic E-state index is 5.08. The van der Waals surface area contributed by atoms with Crippen LogP contribution in [0.2, 0.25) is 0 Å². The molecule has 0 saturated carbocycles. The quantitative estimate of drug-likeness (QED) is 0.0885. The van der Waals surface area contributed by atoms with Crippen LogP contribution in [0.5, 0.6) is 0 Å². The molecule has 0 aromatic heterocycles. The van der Waals surface area contributed by atoms with Gasteiger partial charge in [0.2, 0.25) is 0 Å². The van der Waals surface area contributed by atoms with Crippen molar-refractivity contribution in [3.05, 3.63) is 187 Å². The molecule has 5 aromatic rings. The molecule has 0 saturated heterocycles. The number of aryl methyl sites for hydroxylation is 1. The van der Waals surface area contributed by atoms with E-state index in [0.29, 0.717) is 47.3 Å². The third-order valence-corrected chi connectivity index (χ3v) is 12.3. The fraction of sp³-hybridized carbons (Fsp3) is 0.446. The number of hydrogen-bond acceptors (Lipinski definition) is 2. The first kappa shape index (κ1) is 64.6. The van der Waals surface area contributed by atoms with E-state index in [2.05, 4.69) is 242 Å². The van der Waals surface area contributed by atoms with Crippen LogP contribution in [0.4, 0.5) is 22.7 Å². The molecule has 5 aromatic carbocycles. The van der Waals surface area contributed by atoms with Gasteiger partial charge in [0.1, 0.15) is 0 Å². The van der Waals surface area contributed by atoms with Crippen LogP contribution in [-0.2, 0) is 34.7 Å². The summed E-state index contributed by atoms with van der Waals surface area (Å²) in [4.78, 5) is 10.2. The smallest absolute Gasteiger partial charge is 0.0701 e. The average molecular weight is 1030 g/mol. The fourth-order valence-electron chi connectivity index (χ4n) is 8.54. The van der Waals surface area contributed by atoms with Gasteiger partial charge in [-0.3, -0.25) is 9.98 Å². The molecule has 0 atom stereocenters. The predicted molar refractivity (Wildman–Crippen MR) is 309 cm³/mol. The molecule has 4 nitrogen and oxygen atoms in total. The van der Waals surface area contributed by atoms with Crippen molar-refractivity contribution in [2.45, 2.75) is 193 Å². The van der Waals surface area contributed by atoms with Gasteiger partial charge in [0.05, 0.1) is 11.4 Å². The van der Waals surface area contributed by atoms with Gasteiger partial charge < -0.3 is 10.6 Å². The van der Waals surface area contributed by atoms with Crippen molar-refractivity contribution < 1.29 is 34.7 Å². The third kappa shape index (κ3) is 19.8. The number of hydrogen-bond donors (Lipinski definition) is 0. The van der Waals surface area contributed by atoms with Gasteiger partial charge in [-0.25, -0.2) is 0 Å². The Bertz CT molecular complexity index is 2250. The molecule has 384 valence electrons. The summed E-state index contributed by atoms with van der Waals surface area (Å²) >= 11 is 0. The summed E-state index contributed by atoms with van der Waals surface area (Å²) in [6.45, 7) is 46.2. The largest absolute Gasteiger partial charge is 0.661 e. The first-order valence-electron chi connectivity index (χ1n) is 25.9. The molecular formula is C65H90Cr2N4-2. The van der Waals surface area contributed by atoms with Gasteiger partial charge in [0.25, 0.3) is 0 Å². The minimum atomic E-state index is 0. The van der Waals surface area contributed by atoms with Crippen LogP contribution >= 0.6 is 0 Å². The van der Waals surface area contributed by atoms with Crippen LogP contribution in [0.1, 0.15) is 236 Å². The SMILES string of the molecule is CC(/C=C(/C)[N-]c1c(C(C)C)cccc1C(C)C)=Nc1c(C(C)C)cccc1C(C)C.CC(/C=C(/C)[N-]c1c(C(C)C)cccc1C(C)C)=Nc1c(C(C)C)cccc1C(C)C.Cc1ccccc1.[Cr].[Cr]. The molecule has 0 radical (unpaired) electrons. The molecule has 0 bridgehead atoms. The summed E-state index contributed by atoms with van der Waals surface area (Å²) in [7, 11) is 0. The molecule has 5 rings (SSSR count). The molecular weight excluding hydrogens is 941 g/mol. The van der Waals surface area contributed by atoms with Gasteiger partial charge in [0, 0.05) is 46.1 Å². The second-order valence-corrected chi connectivity index (χ2v) is 21.3. The Hall–Kier alpha value is -4.42. The summed E-state index contributed by atoms with van der Waals surface area (Å²) in [5.74, 6) is 3.49. The van der Waals surface area contributed by atoms with Crippen LogP contribution in [0.15, 0.2) is 137 Å². The molecule has 0 N–H and O–H groups in total. The summed E-state index contributed by atoms with van der Waals surface area (Å²) in [6.07, 6.45) is 4.23. The van der Waals surface area contributed by atoms with Gasteiger partial charge in [-0.1, -0.05) is 268 Å². The van der Waals surface area contributed by atoms with Crippen LogP contribution in [0.3, 0.4) is 0 Å². The van der Waals surface area contributed by atoms with Crippen molar-refractivity contribution in [1.29, 1.82) is 0 Å². The number of rotatable bonds is 16. The van der Waals surface area contributed by atoms with Gasteiger partial charge in [0.15, 0.2) is 0 Å². The molecule has 0 aliphatic carbocycles. The Morgan fingerprint density at radius 3 is 0.761 bits per heavy atom. The summed E-state index contributed by atoms with van der Waals surface area (Å²) in [5.41, 5.74) is 20.2. The number of para-hydroxylation sites is 4. The Morgan fingerprint density at radius 2 is 0.563 bits per heavy atom. The molecule has 6 heteroatoms. The standard InChI is InChI=1S/2C29H41N2.C7H8.2Cr/c2*1-18(2)24-13-11-14-25(19(3)4)28(24)30-22(9)17-23(10)31-29-26(20(5)6)15-12-16-27(29)21(7)8;1-7-5-3-2-4-6-7;;/h2*11-21H,1-10H3;2-6H,1H3;;/q2*-1;;;/b2*22-17-,31-23?;;;. The number of nitrogens with zero attached hydrogens (tertiary/aromatic N) is 4. The minimum absolute atomic E-state index is 0. The van der Waals surface area contributed by atoms with Crippen molar-refractivity contribution in [3.63, 3.8) is 0 Å². The van der Waals surface area contributed by atoms with Gasteiger partial charge in [-0.05, 0) is 90.4 Å². The van der Waals surface area contributed by atoms with E-state index in [9.17, 15) is 0 Å². The molecule has 0 spiro atoms. The summed E-state index contributed by atoms with van der Waals surface area (Å²) < 4.78 is 0. The van der Waals surface area contributed by atoms with Crippen molar-refractivity contribution >= 4 is 34.2 Å². The Balaban J connectivity index is 0.000000607. The minimum Gasteiger partial charge on any atom is -0.661 e. The zero-order valence-electron chi connectivity index (χ0n) is 47.7. The Kier molecular flexibility index (Phi) is 28.4. The normalized spacial score (nSPS) is 12.3. The predicted octanol–water partition coefficient (Wildman–Crippen LogP) is 21.8. The first-order valence-corrected chi connectivity index (χ1v) is 25.9. The zero-order valence-corrected chi connectivity index (χ0v) is 50.2. The molecule has 71 heavy (non-hydrogen) atoms. The molecule has 0 unspecified atom stereocenters. The van der Waals surface area contributed by atoms with E-state index in [1.807, 2.05) is 18.2 Å². The van der Waals surface area contributed by atoms with Crippen LogP contribution in [-0.4, -0.2) is 11.4 Å². The first-order chi connectivity index (χ1) is 32.4. The number of allylic oxidation sites excluding steroid dienone is 4. The maximum Gasteiger partial charge on any atom is 0.0701 e. The van der Waals surface area contributed by atoms with E-state index in [-0.39, 0.29) is 34.7 Å². The van der Waals surface area contributed by atoms with E-state index in [1.54, 1.807) is 0 Å². The van der Waals surface area contributed by atoms with Crippen LogP contribution in [0.25, 0.3) is 10.6 Å². The number of benzene rings is 5. The zero-order chi connectivity index (χ0) is 51.7. The Labute approximate surface area is 456 Å². The second-order valence-electron chi connectivity index (χ2n) is 21.3. The van der Waals surface area contributed by atoms with Gasteiger partial charge in [-0.15, -0.1) is 11.4 Å². The molecule has 0 aliphatic heterocycles. The summed E-state index contributed by atoms with van der Waals surface area (Å²) in [5, 5.41) is 10.2. The van der Waals surface area contributed by atoms with Crippen molar-refractivity contribution in [3.8, 4) is 0 Å². The van der Waals surface area contributed by atoms with E-state index >= 15 is 0 Å². The van der Waals surface area contributed by atoms with Crippen molar-refractivity contribution in [1.82, 2.24) is 0 Å². The topological polar surface area (TPSA) is 52.9 Å². The molecule has 0 heterocycles. The second kappa shape index (κ2) is 31.2. The Morgan fingerprint density at radius 1 is 0.338 bits per heavy atom. The van der Waals surface area contributed by atoms with Crippen LogP contribution < -0.4 is 0 Å². The summed E-state index contributed by atoms with van der Waals surface area (Å²) in [6, 6.07) is 36.5. The van der Waals surface area contributed by atoms with E-state index in [1.165, 1.54) is 50.1 Å². The average Bonchev–Trinajstić information content (AvgIpc) is 3.26. The maximum absolute atomic E-state index is 5.08. The van der Waals surface area contributed by atoms with E-state index in [4.69, 9.17) is 20.6 Å². The monoisotopic (exact) mass is 1030 g/mol. The van der Waals surface area contributed by atoms with Crippen molar-refractivity contribution in [2.24, 2.45) is 9.98 Å². The molecule has 0 amide bonds. The van der Waals surface area contributed by atoms with E-state index < -0.39 is 0 Å². The number of aliphatic imine (C=N–C) groups is 2. The van der Waals surface area contributed by atoms with Gasteiger partial charge in [-0.2, -0.15) is 11.4 Å². The van der Waals surface area contributed by atoms with Crippen molar-refractivity contribution in [2.75, 3.05) is 0 Å². The van der Waals surface area contributed by atoms with Gasteiger partial charge >= 0.3 is 0 Å². The third-order valence-electron chi connectivity index (χ3n) is 12.3. The molecule has 0 fully saturated rings. The molecule has 0 aliphatic rings. The van der Waals surface area contributed by atoms with E-state index in [0.717, 1.165) is 45.6 Å². The fourth-order valence-corrected chi connectivity index (χ4v) is 8.54. The van der Waals surface area contributed by atoms with Crippen LogP contribution in [0, 0.1) is 6.92 Å².